The maximum Gasteiger partial charge on any atom is 0.254 e. The molecule has 0 saturated heterocycles. The second-order valence-corrected chi connectivity index (χ2v) is 3.96. The maximum atomic E-state index is 11.9. The van der Waals surface area contributed by atoms with Gasteiger partial charge in [-0.3, -0.25) is 4.79 Å². The molecule has 1 aromatic carbocycles. The van der Waals surface area contributed by atoms with Crippen LogP contribution in [0.15, 0.2) is 29.1 Å². The Labute approximate surface area is 108 Å². The summed E-state index contributed by atoms with van der Waals surface area (Å²) in [6, 6.07) is 4.93. The number of anilines is 1. The average molecular weight is 267 g/mol. The number of hydrogen-bond donors (Lipinski definition) is 2. The Bertz CT molecular complexity index is 522. The molecule has 0 aliphatic heterocycles. The molecule has 0 fully saturated rings. The number of rotatable bonds is 4. The highest BCUT2D eigenvalue weighted by Crippen LogP contribution is 2.21. The third kappa shape index (κ3) is 2.78. The molecule has 1 aromatic heterocycles. The molecule has 2 aromatic rings. The highest BCUT2D eigenvalue weighted by molar-refractivity contribution is 6.34. The summed E-state index contributed by atoms with van der Waals surface area (Å²) in [5.41, 5.74) is 6.33. The molecule has 6 nitrogen and oxygen atoms in total. The molecule has 0 aliphatic carbocycles. The van der Waals surface area contributed by atoms with Crippen molar-refractivity contribution >= 4 is 23.2 Å². The highest BCUT2D eigenvalue weighted by Gasteiger charge is 2.13. The van der Waals surface area contributed by atoms with Crippen molar-refractivity contribution in [2.45, 2.75) is 6.42 Å². The van der Waals surface area contributed by atoms with Crippen LogP contribution in [0.1, 0.15) is 16.2 Å². The van der Waals surface area contributed by atoms with E-state index < -0.39 is 0 Å². The maximum absolute atomic E-state index is 11.9. The molecule has 0 bridgehead atoms. The summed E-state index contributed by atoms with van der Waals surface area (Å²) >= 11 is 5.92. The Balaban J connectivity index is 1.96. The summed E-state index contributed by atoms with van der Waals surface area (Å²) in [6.45, 7) is 0.378. The Kier molecular flexibility index (Phi) is 3.78. The minimum absolute atomic E-state index is 0.285. The molecule has 1 heterocycles. The first-order valence-corrected chi connectivity index (χ1v) is 5.63. The van der Waals surface area contributed by atoms with Crippen molar-refractivity contribution in [3.8, 4) is 0 Å². The molecule has 0 spiro atoms. The molecule has 18 heavy (non-hydrogen) atoms. The van der Waals surface area contributed by atoms with Crippen LogP contribution >= 0.6 is 11.6 Å². The highest BCUT2D eigenvalue weighted by atomic mass is 35.5. The fourth-order valence-corrected chi connectivity index (χ4v) is 1.73. The van der Waals surface area contributed by atoms with E-state index in [1.54, 1.807) is 18.2 Å². The van der Waals surface area contributed by atoms with Gasteiger partial charge in [0.25, 0.3) is 5.91 Å². The van der Waals surface area contributed by atoms with Crippen LogP contribution in [0.25, 0.3) is 0 Å². The molecule has 94 valence electrons. The van der Waals surface area contributed by atoms with Crippen molar-refractivity contribution in [3.05, 3.63) is 41.0 Å². The van der Waals surface area contributed by atoms with Gasteiger partial charge in [0.2, 0.25) is 6.39 Å². The van der Waals surface area contributed by atoms with Gasteiger partial charge in [-0.25, -0.2) is 0 Å². The molecular weight excluding hydrogens is 256 g/mol. The lowest BCUT2D eigenvalue weighted by atomic mass is 10.1. The number of nitrogen functional groups attached to an aromatic ring is 1. The fourth-order valence-electron chi connectivity index (χ4n) is 1.46. The van der Waals surface area contributed by atoms with Crippen molar-refractivity contribution in [3.63, 3.8) is 0 Å². The largest absolute Gasteiger partial charge is 0.398 e. The van der Waals surface area contributed by atoms with Gasteiger partial charge in [0, 0.05) is 18.7 Å². The van der Waals surface area contributed by atoms with Crippen LogP contribution in [-0.2, 0) is 6.42 Å². The summed E-state index contributed by atoms with van der Waals surface area (Å²) in [5, 5.41) is 6.65. The van der Waals surface area contributed by atoms with E-state index >= 15 is 0 Å². The van der Waals surface area contributed by atoms with Crippen LogP contribution in [0.4, 0.5) is 5.69 Å². The topological polar surface area (TPSA) is 94.0 Å². The lowest BCUT2D eigenvalue weighted by Gasteiger charge is -2.08. The smallest absolute Gasteiger partial charge is 0.254 e. The van der Waals surface area contributed by atoms with E-state index in [1.807, 2.05) is 0 Å². The van der Waals surface area contributed by atoms with Crippen molar-refractivity contribution in [2.75, 3.05) is 12.3 Å². The van der Waals surface area contributed by atoms with E-state index in [1.165, 1.54) is 6.39 Å². The second-order valence-electron chi connectivity index (χ2n) is 3.56. The monoisotopic (exact) mass is 266 g/mol. The molecular formula is C11H11ClN4O2. The Morgan fingerprint density at radius 1 is 1.50 bits per heavy atom. The molecule has 3 N–H and O–H groups in total. The van der Waals surface area contributed by atoms with Gasteiger partial charge in [-0.2, -0.15) is 4.98 Å². The van der Waals surface area contributed by atoms with E-state index in [0.29, 0.717) is 29.5 Å². The van der Waals surface area contributed by atoms with E-state index in [9.17, 15) is 4.79 Å². The number of aromatic nitrogens is 2. The normalized spacial score (nSPS) is 10.3. The van der Waals surface area contributed by atoms with Crippen LogP contribution in [-0.4, -0.2) is 22.6 Å². The number of hydrogen-bond acceptors (Lipinski definition) is 5. The van der Waals surface area contributed by atoms with E-state index in [4.69, 9.17) is 17.3 Å². The average Bonchev–Trinajstić information content (AvgIpc) is 2.82. The van der Waals surface area contributed by atoms with Gasteiger partial charge in [-0.15, -0.1) is 0 Å². The lowest BCUT2D eigenvalue weighted by molar-refractivity contribution is 0.0955. The number of amides is 1. The Morgan fingerprint density at radius 3 is 3.00 bits per heavy atom. The van der Waals surface area contributed by atoms with Crippen molar-refractivity contribution in [1.82, 2.24) is 15.5 Å². The van der Waals surface area contributed by atoms with E-state index in [2.05, 4.69) is 20.0 Å². The number of carbonyl (C=O) groups is 1. The number of carbonyl (C=O) groups excluding carboxylic acids is 1. The number of nitrogens with zero attached hydrogens (tertiary/aromatic N) is 2. The van der Waals surface area contributed by atoms with Gasteiger partial charge < -0.3 is 15.6 Å². The predicted octanol–water partition coefficient (Wildman–Crippen LogP) is 1.28. The van der Waals surface area contributed by atoms with Gasteiger partial charge in [0.05, 0.1) is 10.6 Å². The molecule has 0 saturated carbocycles. The number of benzene rings is 1. The fraction of sp³-hybridized carbons (Fsp3) is 0.182. The first-order valence-electron chi connectivity index (χ1n) is 5.26. The SMILES string of the molecule is Nc1cccc(Cl)c1C(=O)NCCc1ncon1. The molecule has 0 aliphatic rings. The van der Waals surface area contributed by atoms with E-state index in [-0.39, 0.29) is 11.5 Å². The zero-order valence-electron chi connectivity index (χ0n) is 9.39. The minimum atomic E-state index is -0.318. The zero-order chi connectivity index (χ0) is 13.0. The van der Waals surface area contributed by atoms with Crippen molar-refractivity contribution in [1.29, 1.82) is 0 Å². The van der Waals surface area contributed by atoms with E-state index in [0.717, 1.165) is 0 Å². The molecule has 0 atom stereocenters. The standard InChI is InChI=1S/C11H11ClN4O2/c12-7-2-1-3-8(13)10(7)11(17)14-5-4-9-15-6-18-16-9/h1-3,6H,4-5,13H2,(H,14,17). The zero-order valence-corrected chi connectivity index (χ0v) is 10.1. The third-order valence-corrected chi connectivity index (χ3v) is 2.63. The lowest BCUT2D eigenvalue weighted by Crippen LogP contribution is -2.27. The molecule has 2 rings (SSSR count). The number of nitrogens with one attached hydrogen (secondary N) is 1. The third-order valence-electron chi connectivity index (χ3n) is 2.31. The van der Waals surface area contributed by atoms with Crippen LogP contribution < -0.4 is 11.1 Å². The first kappa shape index (κ1) is 12.4. The predicted molar refractivity (Wildman–Crippen MR) is 66.2 cm³/mol. The van der Waals surface area contributed by atoms with Crippen LogP contribution in [0, 0.1) is 0 Å². The summed E-state index contributed by atoms with van der Waals surface area (Å²) in [5.74, 6) is 0.212. The molecule has 7 heteroatoms. The second kappa shape index (κ2) is 5.50. The van der Waals surface area contributed by atoms with Gasteiger partial charge in [-0.1, -0.05) is 22.8 Å². The van der Waals surface area contributed by atoms with Crippen molar-refractivity contribution < 1.29 is 9.32 Å². The van der Waals surface area contributed by atoms with Crippen LogP contribution in [0.2, 0.25) is 5.02 Å². The van der Waals surface area contributed by atoms with Gasteiger partial charge in [0.1, 0.15) is 0 Å². The molecule has 1 amide bonds. The summed E-state index contributed by atoms with van der Waals surface area (Å²) in [7, 11) is 0. The van der Waals surface area contributed by atoms with Gasteiger partial charge in [0.15, 0.2) is 5.82 Å². The van der Waals surface area contributed by atoms with Crippen LogP contribution in [0.3, 0.4) is 0 Å². The Hall–Kier alpha value is -2.08. The summed E-state index contributed by atoms with van der Waals surface area (Å²) in [4.78, 5) is 15.7. The Morgan fingerprint density at radius 2 is 2.33 bits per heavy atom. The quantitative estimate of drug-likeness (QED) is 0.813. The summed E-state index contributed by atoms with van der Waals surface area (Å²) < 4.78 is 4.58. The number of nitrogens with two attached hydrogens (primary N) is 1. The van der Waals surface area contributed by atoms with Crippen LogP contribution in [0.5, 0.6) is 0 Å². The molecule has 0 unspecified atom stereocenters. The van der Waals surface area contributed by atoms with Crippen molar-refractivity contribution in [2.24, 2.45) is 0 Å². The minimum Gasteiger partial charge on any atom is -0.398 e. The van der Waals surface area contributed by atoms with Gasteiger partial charge >= 0.3 is 0 Å². The van der Waals surface area contributed by atoms with Gasteiger partial charge in [-0.05, 0) is 12.1 Å². The molecule has 0 radical (unpaired) electrons. The summed E-state index contributed by atoms with van der Waals surface area (Å²) in [6.07, 6.45) is 1.72. The number of halogens is 1. The first-order chi connectivity index (χ1) is 8.68.